The molecule has 9 heteroatoms. The molecule has 0 atom stereocenters. The highest BCUT2D eigenvalue weighted by Crippen LogP contribution is 2.42. The summed E-state index contributed by atoms with van der Waals surface area (Å²) in [6.07, 6.45) is 4.68. The molecule has 4 heterocycles. The van der Waals surface area contributed by atoms with Crippen molar-refractivity contribution in [3.05, 3.63) is 89.3 Å². The zero-order chi connectivity index (χ0) is 23.7. The highest BCUT2D eigenvalue weighted by atomic mass is 19.2. The van der Waals surface area contributed by atoms with E-state index >= 15 is 0 Å². The van der Waals surface area contributed by atoms with Crippen molar-refractivity contribution < 1.29 is 18.0 Å². The van der Waals surface area contributed by atoms with Crippen molar-refractivity contribution >= 4 is 11.4 Å². The van der Waals surface area contributed by atoms with Crippen molar-refractivity contribution in [3.8, 4) is 0 Å². The SMILES string of the molecule is CCO/N=C(\c1ccc(F)c(F)c1)c1ccc(CN2CC3(C2)CN(c2cncc(F)c2)C3)cn1. The van der Waals surface area contributed by atoms with Crippen molar-refractivity contribution in [2.24, 2.45) is 10.6 Å². The Labute approximate surface area is 195 Å². The Kier molecular flexibility index (Phi) is 5.95. The summed E-state index contributed by atoms with van der Waals surface area (Å²) in [5.74, 6) is -2.19. The third-order valence-electron chi connectivity index (χ3n) is 6.18. The molecule has 1 aromatic carbocycles. The number of pyridine rings is 2. The first-order valence-corrected chi connectivity index (χ1v) is 11.1. The van der Waals surface area contributed by atoms with E-state index in [1.807, 2.05) is 12.1 Å². The smallest absolute Gasteiger partial charge is 0.159 e. The fourth-order valence-corrected chi connectivity index (χ4v) is 4.67. The van der Waals surface area contributed by atoms with Crippen molar-refractivity contribution in [1.29, 1.82) is 0 Å². The van der Waals surface area contributed by atoms with E-state index in [-0.39, 0.29) is 11.2 Å². The molecule has 0 amide bonds. The number of halogens is 3. The summed E-state index contributed by atoms with van der Waals surface area (Å²) >= 11 is 0. The highest BCUT2D eigenvalue weighted by molar-refractivity contribution is 6.11. The lowest BCUT2D eigenvalue weighted by Gasteiger charge is -2.61. The third-order valence-corrected chi connectivity index (χ3v) is 6.18. The lowest BCUT2D eigenvalue weighted by molar-refractivity contribution is -0.0274. The van der Waals surface area contributed by atoms with Crippen LogP contribution in [-0.2, 0) is 11.4 Å². The molecule has 2 aliphatic rings. The second-order valence-electron chi connectivity index (χ2n) is 8.90. The molecule has 176 valence electrons. The normalized spacial score (nSPS) is 17.4. The fraction of sp³-hybridized carbons (Fsp3) is 0.320. The number of anilines is 1. The quantitative estimate of drug-likeness (QED) is 0.388. The van der Waals surface area contributed by atoms with Crippen LogP contribution in [0.25, 0.3) is 0 Å². The summed E-state index contributed by atoms with van der Waals surface area (Å²) in [7, 11) is 0. The van der Waals surface area contributed by atoms with E-state index in [4.69, 9.17) is 4.84 Å². The van der Waals surface area contributed by atoms with Crippen molar-refractivity contribution in [1.82, 2.24) is 14.9 Å². The van der Waals surface area contributed by atoms with Gasteiger partial charge in [0.1, 0.15) is 18.1 Å². The standard InChI is InChI=1S/C25H24F3N5O/c1-2-34-31-24(18-4-5-21(27)22(28)7-18)23-6-3-17(9-30-23)12-32-13-25(14-32)15-33(16-25)20-8-19(26)10-29-11-20/h3-11H,2,12-16H2,1H3/b31-24+. The van der Waals surface area contributed by atoms with E-state index in [1.165, 1.54) is 18.3 Å². The number of nitrogens with zero attached hydrogens (tertiary/aromatic N) is 5. The molecule has 2 fully saturated rings. The van der Waals surface area contributed by atoms with Gasteiger partial charge in [-0.1, -0.05) is 11.2 Å². The molecule has 0 saturated carbocycles. The minimum Gasteiger partial charge on any atom is -0.396 e. The van der Waals surface area contributed by atoms with Crippen LogP contribution in [-0.4, -0.2) is 53.4 Å². The fourth-order valence-electron chi connectivity index (χ4n) is 4.67. The minimum atomic E-state index is -0.951. The zero-order valence-electron chi connectivity index (χ0n) is 18.7. The molecule has 2 saturated heterocycles. The van der Waals surface area contributed by atoms with Crippen LogP contribution >= 0.6 is 0 Å². The molecular weight excluding hydrogens is 443 g/mol. The number of likely N-dealkylation sites (tertiary alicyclic amines) is 1. The Balaban J connectivity index is 1.20. The molecule has 3 aromatic rings. The van der Waals surface area contributed by atoms with Gasteiger partial charge in [-0.2, -0.15) is 0 Å². The van der Waals surface area contributed by atoms with Crippen molar-refractivity contribution in [2.45, 2.75) is 13.5 Å². The second kappa shape index (κ2) is 9.06. The average Bonchev–Trinajstić information content (AvgIpc) is 2.78. The Morgan fingerprint density at radius 3 is 2.50 bits per heavy atom. The van der Waals surface area contributed by atoms with Crippen LogP contribution in [0.3, 0.4) is 0 Å². The van der Waals surface area contributed by atoms with Crippen LogP contribution in [0.5, 0.6) is 0 Å². The van der Waals surface area contributed by atoms with Gasteiger partial charge in [0, 0.05) is 56.0 Å². The summed E-state index contributed by atoms with van der Waals surface area (Å²) in [4.78, 5) is 18.1. The lowest BCUT2D eigenvalue weighted by Crippen LogP contribution is -2.72. The van der Waals surface area contributed by atoms with Gasteiger partial charge in [-0.25, -0.2) is 13.2 Å². The van der Waals surface area contributed by atoms with Gasteiger partial charge in [-0.15, -0.1) is 0 Å². The summed E-state index contributed by atoms with van der Waals surface area (Å²) in [5.41, 5.74) is 3.38. The maximum atomic E-state index is 13.7. The maximum Gasteiger partial charge on any atom is 0.159 e. The Bertz CT molecular complexity index is 1200. The molecule has 2 aromatic heterocycles. The molecule has 1 spiro atoms. The van der Waals surface area contributed by atoms with Crippen LogP contribution in [0.2, 0.25) is 0 Å². The van der Waals surface area contributed by atoms with E-state index < -0.39 is 11.6 Å². The monoisotopic (exact) mass is 467 g/mol. The van der Waals surface area contributed by atoms with Gasteiger partial charge >= 0.3 is 0 Å². The Morgan fingerprint density at radius 1 is 1.00 bits per heavy atom. The molecule has 0 unspecified atom stereocenters. The number of hydrogen-bond donors (Lipinski definition) is 0. The molecule has 2 aliphatic heterocycles. The van der Waals surface area contributed by atoms with Gasteiger partial charge < -0.3 is 9.74 Å². The van der Waals surface area contributed by atoms with E-state index in [0.717, 1.165) is 56.1 Å². The summed E-state index contributed by atoms with van der Waals surface area (Å²) < 4.78 is 40.5. The predicted octanol–water partition coefficient (Wildman–Crippen LogP) is 4.01. The summed E-state index contributed by atoms with van der Waals surface area (Å²) in [6.45, 7) is 6.64. The van der Waals surface area contributed by atoms with Crippen LogP contribution in [0, 0.1) is 22.9 Å². The highest BCUT2D eigenvalue weighted by Gasteiger charge is 2.51. The summed E-state index contributed by atoms with van der Waals surface area (Å²) in [5, 5.41) is 4.07. The van der Waals surface area contributed by atoms with Gasteiger partial charge in [0.15, 0.2) is 11.6 Å². The van der Waals surface area contributed by atoms with Crippen LogP contribution in [0.4, 0.5) is 18.9 Å². The topological polar surface area (TPSA) is 53.9 Å². The van der Waals surface area contributed by atoms with E-state index in [1.54, 1.807) is 19.3 Å². The summed E-state index contributed by atoms with van der Waals surface area (Å²) in [6, 6.07) is 8.89. The van der Waals surface area contributed by atoms with E-state index in [9.17, 15) is 13.2 Å². The molecular formula is C25H24F3N5O. The maximum absolute atomic E-state index is 13.7. The van der Waals surface area contributed by atoms with E-state index in [0.29, 0.717) is 23.6 Å². The van der Waals surface area contributed by atoms with Crippen molar-refractivity contribution in [2.75, 3.05) is 37.7 Å². The Morgan fingerprint density at radius 2 is 1.82 bits per heavy atom. The number of rotatable bonds is 7. The van der Waals surface area contributed by atoms with Gasteiger partial charge in [-0.05, 0) is 36.8 Å². The van der Waals surface area contributed by atoms with Crippen LogP contribution in [0.15, 0.2) is 60.1 Å². The zero-order valence-corrected chi connectivity index (χ0v) is 18.7. The third kappa shape index (κ3) is 4.48. The number of oxime groups is 1. The first-order valence-electron chi connectivity index (χ1n) is 11.1. The lowest BCUT2D eigenvalue weighted by atomic mass is 9.72. The molecule has 0 bridgehead atoms. The second-order valence-corrected chi connectivity index (χ2v) is 8.90. The van der Waals surface area contributed by atoms with Crippen LogP contribution in [0.1, 0.15) is 23.7 Å². The molecule has 5 rings (SSSR count). The van der Waals surface area contributed by atoms with E-state index in [2.05, 4.69) is 24.9 Å². The van der Waals surface area contributed by atoms with Gasteiger partial charge in [-0.3, -0.25) is 14.9 Å². The molecule has 0 aliphatic carbocycles. The largest absolute Gasteiger partial charge is 0.396 e. The first-order chi connectivity index (χ1) is 16.4. The average molecular weight is 467 g/mol. The molecule has 6 nitrogen and oxygen atoms in total. The Hall–Kier alpha value is -3.46. The first kappa shape index (κ1) is 22.3. The predicted molar refractivity (Wildman–Crippen MR) is 122 cm³/mol. The minimum absolute atomic E-state index is 0.254. The van der Waals surface area contributed by atoms with Gasteiger partial charge in [0.25, 0.3) is 0 Å². The van der Waals surface area contributed by atoms with Gasteiger partial charge in [0.05, 0.1) is 23.8 Å². The number of hydrogen-bond acceptors (Lipinski definition) is 6. The molecule has 34 heavy (non-hydrogen) atoms. The van der Waals surface area contributed by atoms with Gasteiger partial charge in [0.2, 0.25) is 0 Å². The molecule has 0 N–H and O–H groups in total. The van der Waals surface area contributed by atoms with Crippen molar-refractivity contribution in [3.63, 3.8) is 0 Å². The van der Waals surface area contributed by atoms with Crippen LogP contribution < -0.4 is 4.90 Å². The number of benzene rings is 1. The number of aromatic nitrogens is 2. The molecule has 0 radical (unpaired) electrons.